The van der Waals surface area contributed by atoms with Gasteiger partial charge in [-0.15, -0.1) is 22.6 Å². The summed E-state index contributed by atoms with van der Waals surface area (Å²) in [5, 5.41) is 8.02. The van der Waals surface area contributed by atoms with Crippen LogP contribution in [0.25, 0.3) is 10.8 Å². The van der Waals surface area contributed by atoms with Crippen molar-refractivity contribution in [3.63, 3.8) is 0 Å². The Labute approximate surface area is 113 Å². The van der Waals surface area contributed by atoms with Crippen molar-refractivity contribution in [1.82, 2.24) is 10.2 Å². The van der Waals surface area contributed by atoms with Crippen molar-refractivity contribution in [1.29, 1.82) is 0 Å². The average Bonchev–Trinajstić information content (AvgIpc) is 2.22. The van der Waals surface area contributed by atoms with Crippen molar-refractivity contribution in [2.75, 3.05) is 0 Å². The van der Waals surface area contributed by atoms with E-state index in [2.05, 4.69) is 10.2 Å². The Kier molecular flexibility index (Phi) is 4.16. The zero-order valence-corrected chi connectivity index (χ0v) is 11.1. The first kappa shape index (κ1) is 14.4. The topological polar surface area (TPSA) is 80.2 Å². The predicted octanol–water partition coefficient (Wildman–Crippen LogP) is 2.61. The first-order chi connectivity index (χ1) is 7.39. The molecule has 1 aromatic heterocycles. The number of benzene rings is 1. The molecule has 0 spiro atoms. The number of nitrogens with zero attached hydrogens (tertiary/aromatic N) is 2. The molecule has 92 valence electrons. The van der Waals surface area contributed by atoms with Gasteiger partial charge in [0.15, 0.2) is 10.3 Å². The van der Waals surface area contributed by atoms with E-state index in [1.165, 1.54) is 18.2 Å². The molecule has 1 heterocycles. The second-order valence-corrected chi connectivity index (χ2v) is 5.10. The van der Waals surface area contributed by atoms with Crippen LogP contribution < -0.4 is 0 Å². The Hall–Kier alpha value is -0.660. The Morgan fingerprint density at radius 1 is 1.06 bits per heavy atom. The summed E-state index contributed by atoms with van der Waals surface area (Å²) in [5.41, 5.74) is 0. The molecular formula is C8H5Cl3N2O3S. The van der Waals surface area contributed by atoms with Gasteiger partial charge in [0, 0.05) is 10.8 Å². The summed E-state index contributed by atoms with van der Waals surface area (Å²) in [4.78, 5) is -0.272. The van der Waals surface area contributed by atoms with Crippen LogP contribution in [-0.4, -0.2) is 23.2 Å². The molecule has 0 aliphatic rings. The molecule has 0 atom stereocenters. The van der Waals surface area contributed by atoms with E-state index in [9.17, 15) is 8.42 Å². The van der Waals surface area contributed by atoms with Gasteiger partial charge in [-0.1, -0.05) is 23.2 Å². The van der Waals surface area contributed by atoms with E-state index in [-0.39, 0.29) is 27.6 Å². The largest absolute Gasteiger partial charge is 0.294 e. The first-order valence-electron chi connectivity index (χ1n) is 3.98. The van der Waals surface area contributed by atoms with Crippen molar-refractivity contribution in [2.24, 2.45) is 0 Å². The van der Waals surface area contributed by atoms with Crippen LogP contribution in [0.1, 0.15) is 0 Å². The van der Waals surface area contributed by atoms with Crippen LogP contribution >= 0.6 is 35.6 Å². The standard InChI is InChI=1S/C8H4Cl2N2O3S.ClH/c9-7-5-2-1-4(16(13,14)15)3-6(5)8(10)12-11-7;/h1-3H,(H,13,14,15);1H. The van der Waals surface area contributed by atoms with Gasteiger partial charge in [-0.25, -0.2) is 0 Å². The smallest absolute Gasteiger partial charge is 0.282 e. The van der Waals surface area contributed by atoms with Gasteiger partial charge in [0.2, 0.25) is 0 Å². The second-order valence-electron chi connectivity index (χ2n) is 2.96. The molecule has 9 heteroatoms. The van der Waals surface area contributed by atoms with Crippen LogP contribution in [-0.2, 0) is 10.1 Å². The van der Waals surface area contributed by atoms with Gasteiger partial charge < -0.3 is 0 Å². The van der Waals surface area contributed by atoms with Crippen LogP contribution in [0, 0.1) is 0 Å². The highest BCUT2D eigenvalue weighted by molar-refractivity contribution is 7.85. The summed E-state index contributed by atoms with van der Waals surface area (Å²) in [6, 6.07) is 3.80. The summed E-state index contributed by atoms with van der Waals surface area (Å²) in [5.74, 6) is 0. The minimum atomic E-state index is -4.27. The van der Waals surface area contributed by atoms with Crippen LogP contribution in [0.2, 0.25) is 10.3 Å². The third kappa shape index (κ3) is 2.78. The molecule has 0 radical (unpaired) electrons. The lowest BCUT2D eigenvalue weighted by atomic mass is 10.2. The summed E-state index contributed by atoms with van der Waals surface area (Å²) in [6.07, 6.45) is 0. The Bertz CT molecular complexity index is 675. The maximum atomic E-state index is 10.9. The molecular weight excluding hydrogens is 311 g/mol. The number of fused-ring (bicyclic) bond motifs is 1. The number of aromatic nitrogens is 2. The van der Waals surface area contributed by atoms with Crippen LogP contribution in [0.4, 0.5) is 0 Å². The third-order valence-corrected chi connectivity index (χ3v) is 3.37. The minimum Gasteiger partial charge on any atom is -0.282 e. The number of hydrogen-bond donors (Lipinski definition) is 1. The predicted molar refractivity (Wildman–Crippen MR) is 66.6 cm³/mol. The van der Waals surface area contributed by atoms with Crippen molar-refractivity contribution in [3.05, 3.63) is 28.5 Å². The third-order valence-electron chi connectivity index (χ3n) is 1.96. The molecule has 2 aromatic rings. The fourth-order valence-corrected chi connectivity index (χ4v) is 2.13. The molecule has 0 aliphatic carbocycles. The SMILES string of the molecule is Cl.O=S(=O)(O)c1ccc2c(Cl)nnc(Cl)c2c1. The van der Waals surface area contributed by atoms with Gasteiger partial charge in [-0.05, 0) is 18.2 Å². The van der Waals surface area contributed by atoms with Gasteiger partial charge in [0.1, 0.15) is 0 Å². The maximum Gasteiger partial charge on any atom is 0.294 e. The zero-order valence-electron chi connectivity index (χ0n) is 7.96. The molecule has 0 aliphatic heterocycles. The molecule has 1 aromatic carbocycles. The van der Waals surface area contributed by atoms with Gasteiger partial charge in [-0.2, -0.15) is 8.42 Å². The maximum absolute atomic E-state index is 10.9. The Balaban J connectivity index is 0.00000144. The monoisotopic (exact) mass is 314 g/mol. The first-order valence-corrected chi connectivity index (χ1v) is 6.18. The van der Waals surface area contributed by atoms with Crippen molar-refractivity contribution in [2.45, 2.75) is 4.90 Å². The minimum absolute atomic E-state index is 0. The lowest BCUT2D eigenvalue weighted by Crippen LogP contribution is -1.98. The molecule has 17 heavy (non-hydrogen) atoms. The average molecular weight is 316 g/mol. The van der Waals surface area contributed by atoms with E-state index >= 15 is 0 Å². The highest BCUT2D eigenvalue weighted by atomic mass is 35.5. The summed E-state index contributed by atoms with van der Waals surface area (Å²) in [6.45, 7) is 0. The van der Waals surface area contributed by atoms with E-state index in [0.29, 0.717) is 10.8 Å². The Morgan fingerprint density at radius 2 is 1.59 bits per heavy atom. The fourth-order valence-electron chi connectivity index (χ4n) is 1.23. The molecule has 0 amide bonds. The second kappa shape index (κ2) is 4.91. The molecule has 5 nitrogen and oxygen atoms in total. The summed E-state index contributed by atoms with van der Waals surface area (Å²) >= 11 is 11.5. The summed E-state index contributed by atoms with van der Waals surface area (Å²) in [7, 11) is -4.27. The van der Waals surface area contributed by atoms with Gasteiger partial charge in [0.05, 0.1) is 4.90 Å². The van der Waals surface area contributed by atoms with Gasteiger partial charge >= 0.3 is 0 Å². The molecule has 2 rings (SSSR count). The van der Waals surface area contributed by atoms with Gasteiger partial charge in [-0.3, -0.25) is 4.55 Å². The fraction of sp³-hybridized carbons (Fsp3) is 0. The number of rotatable bonds is 1. The number of halogens is 3. The molecule has 0 saturated carbocycles. The van der Waals surface area contributed by atoms with E-state index in [1.807, 2.05) is 0 Å². The van der Waals surface area contributed by atoms with Crippen LogP contribution in [0.3, 0.4) is 0 Å². The normalized spacial score (nSPS) is 11.2. The van der Waals surface area contributed by atoms with Crippen molar-refractivity contribution >= 4 is 56.5 Å². The van der Waals surface area contributed by atoms with E-state index < -0.39 is 10.1 Å². The van der Waals surface area contributed by atoms with Crippen LogP contribution in [0.5, 0.6) is 0 Å². The van der Waals surface area contributed by atoms with Crippen molar-refractivity contribution < 1.29 is 13.0 Å². The Morgan fingerprint density at radius 3 is 2.12 bits per heavy atom. The molecule has 0 unspecified atom stereocenters. The molecule has 0 saturated heterocycles. The lowest BCUT2D eigenvalue weighted by molar-refractivity contribution is 0.483. The quantitative estimate of drug-likeness (QED) is 0.818. The highest BCUT2D eigenvalue weighted by Gasteiger charge is 2.13. The molecule has 0 bridgehead atoms. The highest BCUT2D eigenvalue weighted by Crippen LogP contribution is 2.27. The van der Waals surface area contributed by atoms with E-state index in [0.717, 1.165) is 0 Å². The van der Waals surface area contributed by atoms with Gasteiger partial charge in [0.25, 0.3) is 10.1 Å². The molecule has 0 fully saturated rings. The summed E-state index contributed by atoms with van der Waals surface area (Å²) < 4.78 is 30.7. The van der Waals surface area contributed by atoms with Crippen LogP contribution in [0.15, 0.2) is 23.1 Å². The number of hydrogen-bond acceptors (Lipinski definition) is 4. The van der Waals surface area contributed by atoms with Crippen molar-refractivity contribution in [3.8, 4) is 0 Å². The zero-order chi connectivity index (χ0) is 11.9. The lowest BCUT2D eigenvalue weighted by Gasteiger charge is -2.02. The molecule has 1 N–H and O–H groups in total. The van der Waals surface area contributed by atoms with E-state index in [4.69, 9.17) is 27.8 Å². The van der Waals surface area contributed by atoms with E-state index in [1.54, 1.807) is 0 Å².